The fourth-order valence-electron chi connectivity index (χ4n) is 1.86. The molecule has 0 aliphatic rings. The van der Waals surface area contributed by atoms with E-state index in [2.05, 4.69) is 4.72 Å². The highest BCUT2D eigenvalue weighted by molar-refractivity contribution is 7.89. The summed E-state index contributed by atoms with van der Waals surface area (Å²) in [6, 6.07) is 6.55. The normalized spacial score (nSPS) is 12.1. The molecule has 21 heavy (non-hydrogen) atoms. The number of nitrogens with zero attached hydrogens (tertiary/aromatic N) is 1. The molecule has 0 radical (unpaired) electrons. The van der Waals surface area contributed by atoms with Gasteiger partial charge in [-0.1, -0.05) is 13.8 Å². The highest BCUT2D eigenvalue weighted by Gasteiger charge is 2.23. The fraction of sp³-hybridized carbons (Fsp3) is 0.533. The number of nitriles is 1. The van der Waals surface area contributed by atoms with Crippen molar-refractivity contribution in [2.45, 2.75) is 32.1 Å². The first-order valence-electron chi connectivity index (χ1n) is 6.71. The van der Waals surface area contributed by atoms with Crippen molar-refractivity contribution in [1.82, 2.24) is 4.72 Å². The van der Waals surface area contributed by atoms with E-state index < -0.39 is 10.0 Å². The number of ether oxygens (including phenoxy) is 1. The van der Waals surface area contributed by atoms with Crippen molar-refractivity contribution in [3.63, 3.8) is 0 Å². The van der Waals surface area contributed by atoms with E-state index in [4.69, 9.17) is 10.00 Å². The van der Waals surface area contributed by atoms with Crippen LogP contribution in [0.5, 0.6) is 0 Å². The Hall–Kier alpha value is -1.42. The summed E-state index contributed by atoms with van der Waals surface area (Å²) in [5.41, 5.74) is 0.826. The summed E-state index contributed by atoms with van der Waals surface area (Å²) in [4.78, 5) is 0.212. The third kappa shape index (κ3) is 5.12. The second-order valence-electron chi connectivity index (χ2n) is 5.82. The van der Waals surface area contributed by atoms with Crippen molar-refractivity contribution >= 4 is 10.0 Å². The molecule has 1 aromatic carbocycles. The molecule has 1 aromatic rings. The summed E-state index contributed by atoms with van der Waals surface area (Å²) in [6.45, 7) is 6.58. The Labute approximate surface area is 127 Å². The molecule has 0 unspecified atom stereocenters. The van der Waals surface area contributed by atoms with E-state index in [1.54, 1.807) is 20.1 Å². The molecule has 1 N–H and O–H groups in total. The Morgan fingerprint density at radius 2 is 2.05 bits per heavy atom. The Morgan fingerprint density at radius 1 is 1.38 bits per heavy atom. The van der Waals surface area contributed by atoms with E-state index in [0.717, 1.165) is 6.42 Å². The molecule has 0 fully saturated rings. The van der Waals surface area contributed by atoms with Crippen LogP contribution in [0.1, 0.15) is 31.4 Å². The zero-order chi connectivity index (χ0) is 16.1. The van der Waals surface area contributed by atoms with Crippen LogP contribution in [-0.4, -0.2) is 28.7 Å². The van der Waals surface area contributed by atoms with Gasteiger partial charge in [0.2, 0.25) is 10.0 Å². The molecule has 0 aromatic heterocycles. The highest BCUT2D eigenvalue weighted by atomic mass is 32.2. The Kier molecular flexibility index (Phi) is 5.90. The van der Waals surface area contributed by atoms with Gasteiger partial charge in [-0.05, 0) is 42.5 Å². The van der Waals surface area contributed by atoms with E-state index in [1.165, 1.54) is 12.1 Å². The predicted molar refractivity (Wildman–Crippen MR) is 81.4 cm³/mol. The molecule has 0 amide bonds. The highest BCUT2D eigenvalue weighted by Crippen LogP contribution is 2.21. The molecular weight excluding hydrogens is 288 g/mol. The van der Waals surface area contributed by atoms with E-state index in [-0.39, 0.29) is 10.3 Å². The maximum absolute atomic E-state index is 12.3. The number of sulfonamides is 1. The maximum atomic E-state index is 12.3. The van der Waals surface area contributed by atoms with Crippen molar-refractivity contribution in [1.29, 1.82) is 5.26 Å². The molecule has 0 saturated carbocycles. The van der Waals surface area contributed by atoms with Gasteiger partial charge in [-0.2, -0.15) is 5.26 Å². The average Bonchev–Trinajstić information content (AvgIpc) is 2.43. The standard InChI is InChI=1S/C15H22N2O3S/c1-12-9-13(10-16)5-6-14(12)21(18,19)17-11-15(2,3)7-8-20-4/h5-6,9,17H,7-8,11H2,1-4H3. The third-order valence-corrected chi connectivity index (χ3v) is 4.88. The lowest BCUT2D eigenvalue weighted by Gasteiger charge is -2.24. The minimum atomic E-state index is -3.57. The molecule has 116 valence electrons. The molecule has 0 aliphatic heterocycles. The third-order valence-electron chi connectivity index (χ3n) is 3.32. The van der Waals surface area contributed by atoms with Crippen LogP contribution in [0.4, 0.5) is 0 Å². The monoisotopic (exact) mass is 310 g/mol. The summed E-state index contributed by atoms with van der Waals surface area (Å²) >= 11 is 0. The lowest BCUT2D eigenvalue weighted by Crippen LogP contribution is -2.35. The van der Waals surface area contributed by atoms with Gasteiger partial charge in [0.25, 0.3) is 0 Å². The van der Waals surface area contributed by atoms with Crippen LogP contribution in [0.15, 0.2) is 23.1 Å². The van der Waals surface area contributed by atoms with Crippen molar-refractivity contribution < 1.29 is 13.2 Å². The zero-order valence-corrected chi connectivity index (χ0v) is 13.8. The van der Waals surface area contributed by atoms with E-state index in [0.29, 0.717) is 24.3 Å². The van der Waals surface area contributed by atoms with Gasteiger partial charge in [-0.15, -0.1) is 0 Å². The smallest absolute Gasteiger partial charge is 0.240 e. The number of benzene rings is 1. The lowest BCUT2D eigenvalue weighted by atomic mass is 9.90. The van der Waals surface area contributed by atoms with Gasteiger partial charge in [0.05, 0.1) is 16.5 Å². The Balaban J connectivity index is 2.86. The summed E-state index contributed by atoms with van der Waals surface area (Å²) in [7, 11) is -1.95. The van der Waals surface area contributed by atoms with Gasteiger partial charge >= 0.3 is 0 Å². The van der Waals surface area contributed by atoms with Crippen molar-refractivity contribution in [3.05, 3.63) is 29.3 Å². The van der Waals surface area contributed by atoms with Gasteiger partial charge in [0.15, 0.2) is 0 Å². The Morgan fingerprint density at radius 3 is 2.57 bits per heavy atom. The molecular formula is C15H22N2O3S. The fourth-order valence-corrected chi connectivity index (χ4v) is 3.32. The average molecular weight is 310 g/mol. The summed E-state index contributed by atoms with van der Waals surface area (Å²) < 4.78 is 32.4. The van der Waals surface area contributed by atoms with E-state index in [1.807, 2.05) is 19.9 Å². The first kappa shape index (κ1) is 17.6. The lowest BCUT2D eigenvalue weighted by molar-refractivity contribution is 0.153. The number of hydrogen-bond acceptors (Lipinski definition) is 4. The van der Waals surface area contributed by atoms with Crippen LogP contribution in [0.2, 0.25) is 0 Å². The van der Waals surface area contributed by atoms with Gasteiger partial charge in [-0.25, -0.2) is 13.1 Å². The molecule has 0 bridgehead atoms. The maximum Gasteiger partial charge on any atom is 0.240 e. The van der Waals surface area contributed by atoms with Crippen LogP contribution in [-0.2, 0) is 14.8 Å². The molecule has 0 atom stereocenters. The van der Waals surface area contributed by atoms with Crippen LogP contribution >= 0.6 is 0 Å². The quantitative estimate of drug-likeness (QED) is 0.837. The zero-order valence-electron chi connectivity index (χ0n) is 12.9. The number of nitrogens with one attached hydrogen (secondary N) is 1. The summed E-state index contributed by atoms with van der Waals surface area (Å²) in [5, 5.41) is 8.82. The van der Waals surface area contributed by atoms with Crippen LogP contribution in [0.25, 0.3) is 0 Å². The molecule has 0 saturated heterocycles. The molecule has 1 rings (SSSR count). The minimum absolute atomic E-state index is 0.191. The van der Waals surface area contributed by atoms with E-state index in [9.17, 15) is 8.42 Å². The van der Waals surface area contributed by atoms with Gasteiger partial charge < -0.3 is 4.74 Å². The first-order valence-corrected chi connectivity index (χ1v) is 8.19. The van der Waals surface area contributed by atoms with Gasteiger partial charge in [0.1, 0.15) is 0 Å². The molecule has 6 heteroatoms. The van der Waals surface area contributed by atoms with Crippen LogP contribution in [0, 0.1) is 23.7 Å². The topological polar surface area (TPSA) is 79.2 Å². The van der Waals surface area contributed by atoms with Crippen molar-refractivity contribution in [3.8, 4) is 6.07 Å². The Bertz CT molecular complexity index is 631. The van der Waals surface area contributed by atoms with Gasteiger partial charge in [-0.3, -0.25) is 0 Å². The van der Waals surface area contributed by atoms with Crippen LogP contribution in [0.3, 0.4) is 0 Å². The second kappa shape index (κ2) is 7.03. The molecule has 0 heterocycles. The molecule has 0 spiro atoms. The van der Waals surface area contributed by atoms with Crippen LogP contribution < -0.4 is 4.72 Å². The predicted octanol–water partition coefficient (Wildman–Crippen LogP) is 2.21. The summed E-state index contributed by atoms with van der Waals surface area (Å²) in [5.74, 6) is 0. The molecule has 0 aliphatic carbocycles. The first-order chi connectivity index (χ1) is 9.72. The number of hydrogen-bond donors (Lipinski definition) is 1. The number of aryl methyl sites for hydroxylation is 1. The number of methoxy groups -OCH3 is 1. The molecule has 5 nitrogen and oxygen atoms in total. The van der Waals surface area contributed by atoms with Gasteiger partial charge in [0, 0.05) is 20.3 Å². The minimum Gasteiger partial charge on any atom is -0.385 e. The largest absolute Gasteiger partial charge is 0.385 e. The second-order valence-corrected chi connectivity index (χ2v) is 7.56. The number of rotatable bonds is 7. The summed E-state index contributed by atoms with van der Waals surface area (Å²) in [6.07, 6.45) is 0.762. The van der Waals surface area contributed by atoms with Crippen molar-refractivity contribution in [2.75, 3.05) is 20.3 Å². The van der Waals surface area contributed by atoms with Crippen molar-refractivity contribution in [2.24, 2.45) is 5.41 Å². The van der Waals surface area contributed by atoms with E-state index >= 15 is 0 Å². The SMILES string of the molecule is COCCC(C)(C)CNS(=O)(=O)c1ccc(C#N)cc1C.